The topological polar surface area (TPSA) is 58.6 Å². The highest BCUT2D eigenvalue weighted by atomic mass is 35.5. The van der Waals surface area contributed by atoms with Gasteiger partial charge in [-0.25, -0.2) is 0 Å². The molecular weight excluding hydrogens is 412 g/mol. The second-order valence-corrected chi connectivity index (χ2v) is 7.55. The summed E-state index contributed by atoms with van der Waals surface area (Å²) < 4.78 is 5.83. The molecule has 0 saturated carbocycles. The molecule has 1 N–H and O–H groups in total. The molecule has 0 saturated heterocycles. The van der Waals surface area contributed by atoms with Crippen LogP contribution in [0.25, 0.3) is 6.08 Å². The molecule has 0 aromatic heterocycles. The van der Waals surface area contributed by atoms with Crippen LogP contribution in [0.15, 0.2) is 84.6 Å². The highest BCUT2D eigenvalue weighted by Crippen LogP contribution is 2.35. The van der Waals surface area contributed by atoms with Crippen LogP contribution in [-0.4, -0.2) is 24.9 Å². The molecule has 1 aliphatic heterocycles. The molecule has 0 aliphatic carbocycles. The number of carbonyl (C=O) groups is 2. The van der Waals surface area contributed by atoms with Crippen molar-refractivity contribution in [3.05, 3.63) is 101 Å². The largest absolute Gasteiger partial charge is 0.449 e. The molecular formula is C25H21ClN2O3. The van der Waals surface area contributed by atoms with E-state index >= 15 is 0 Å². The van der Waals surface area contributed by atoms with E-state index in [9.17, 15) is 9.59 Å². The van der Waals surface area contributed by atoms with E-state index in [4.69, 9.17) is 16.3 Å². The molecule has 6 heteroatoms. The van der Waals surface area contributed by atoms with Crippen molar-refractivity contribution in [2.45, 2.75) is 6.42 Å². The third kappa shape index (κ3) is 5.13. The van der Waals surface area contributed by atoms with Crippen LogP contribution in [0.3, 0.4) is 0 Å². The first-order valence-corrected chi connectivity index (χ1v) is 10.3. The number of benzene rings is 3. The van der Waals surface area contributed by atoms with Gasteiger partial charge in [-0.1, -0.05) is 66.2 Å². The fourth-order valence-corrected chi connectivity index (χ4v) is 3.56. The predicted octanol–water partition coefficient (Wildman–Crippen LogP) is 4.47. The molecule has 3 aromatic carbocycles. The van der Waals surface area contributed by atoms with Crippen LogP contribution in [0.1, 0.15) is 11.1 Å². The second kappa shape index (κ2) is 9.49. The Labute approximate surface area is 185 Å². The minimum atomic E-state index is -0.378. The van der Waals surface area contributed by atoms with Crippen LogP contribution in [0.2, 0.25) is 5.02 Å². The summed E-state index contributed by atoms with van der Waals surface area (Å²) in [4.78, 5) is 27.1. The fourth-order valence-electron chi connectivity index (χ4n) is 3.36. The monoisotopic (exact) mass is 432 g/mol. The molecule has 0 atom stereocenters. The van der Waals surface area contributed by atoms with Crippen LogP contribution < -0.4 is 15.0 Å². The summed E-state index contributed by atoms with van der Waals surface area (Å²) in [6.07, 6.45) is 2.35. The standard InChI is InChI=1S/C25H21ClN2O3/c26-20-10-6-9-19(15-20)16-23-25(30)28(21-11-4-5-12-22(21)31-23)17-24(29)27-14-13-18-7-2-1-3-8-18/h1-12,15-16H,13-14,17H2,(H,27,29). The Balaban J connectivity index is 1.50. The number of para-hydroxylation sites is 2. The van der Waals surface area contributed by atoms with Crippen molar-refractivity contribution in [1.29, 1.82) is 0 Å². The van der Waals surface area contributed by atoms with Crippen LogP contribution >= 0.6 is 11.6 Å². The number of hydrogen-bond acceptors (Lipinski definition) is 3. The zero-order valence-electron chi connectivity index (χ0n) is 16.8. The Hall–Kier alpha value is -3.57. The SMILES string of the molecule is O=C(CN1C(=O)C(=Cc2cccc(Cl)c2)Oc2ccccc21)NCCc1ccccc1. The first-order chi connectivity index (χ1) is 15.1. The van der Waals surface area contributed by atoms with Gasteiger partial charge in [0.2, 0.25) is 5.91 Å². The van der Waals surface area contributed by atoms with Gasteiger partial charge < -0.3 is 10.1 Å². The molecule has 0 unspecified atom stereocenters. The molecule has 2 amide bonds. The quantitative estimate of drug-likeness (QED) is 0.585. The molecule has 0 radical (unpaired) electrons. The Morgan fingerprint density at radius 2 is 1.77 bits per heavy atom. The number of amides is 2. The lowest BCUT2D eigenvalue weighted by atomic mass is 10.1. The van der Waals surface area contributed by atoms with E-state index in [1.807, 2.05) is 48.5 Å². The number of nitrogens with one attached hydrogen (secondary N) is 1. The van der Waals surface area contributed by atoms with Gasteiger partial charge >= 0.3 is 0 Å². The van der Waals surface area contributed by atoms with E-state index in [1.165, 1.54) is 4.90 Å². The normalized spacial score (nSPS) is 14.2. The summed E-state index contributed by atoms with van der Waals surface area (Å²) in [6, 6.07) is 24.2. The van der Waals surface area contributed by atoms with Crippen molar-refractivity contribution in [2.24, 2.45) is 0 Å². The maximum atomic E-state index is 13.1. The summed E-state index contributed by atoms with van der Waals surface area (Å²) in [5.41, 5.74) is 2.44. The molecule has 156 valence electrons. The van der Waals surface area contributed by atoms with E-state index in [2.05, 4.69) is 5.32 Å². The number of anilines is 1. The molecule has 0 bridgehead atoms. The van der Waals surface area contributed by atoms with Crippen molar-refractivity contribution < 1.29 is 14.3 Å². The molecule has 3 aromatic rings. The molecule has 0 spiro atoms. The van der Waals surface area contributed by atoms with Gasteiger partial charge in [0.15, 0.2) is 11.5 Å². The first kappa shape index (κ1) is 20.7. The van der Waals surface area contributed by atoms with E-state index in [1.54, 1.807) is 36.4 Å². The second-order valence-electron chi connectivity index (χ2n) is 7.11. The summed E-state index contributed by atoms with van der Waals surface area (Å²) in [5.74, 6) is 0.0468. The van der Waals surface area contributed by atoms with Crippen molar-refractivity contribution in [3.8, 4) is 5.75 Å². The van der Waals surface area contributed by atoms with Crippen molar-refractivity contribution in [1.82, 2.24) is 5.32 Å². The van der Waals surface area contributed by atoms with Crippen molar-refractivity contribution >= 4 is 35.2 Å². The number of rotatable bonds is 6. The van der Waals surface area contributed by atoms with Crippen LogP contribution in [0, 0.1) is 0 Å². The minimum Gasteiger partial charge on any atom is -0.449 e. The van der Waals surface area contributed by atoms with E-state index < -0.39 is 0 Å². The summed E-state index contributed by atoms with van der Waals surface area (Å²) in [7, 11) is 0. The Morgan fingerprint density at radius 3 is 2.58 bits per heavy atom. The van der Waals surface area contributed by atoms with Gasteiger partial charge in [0.05, 0.1) is 5.69 Å². The molecule has 5 nitrogen and oxygen atoms in total. The average Bonchev–Trinajstić information content (AvgIpc) is 2.77. The number of hydrogen-bond donors (Lipinski definition) is 1. The van der Waals surface area contributed by atoms with Crippen molar-refractivity contribution in [2.75, 3.05) is 18.0 Å². The van der Waals surface area contributed by atoms with Gasteiger partial charge in [0.25, 0.3) is 5.91 Å². The zero-order chi connectivity index (χ0) is 21.6. The summed E-state index contributed by atoms with van der Waals surface area (Å²) >= 11 is 6.05. The first-order valence-electron chi connectivity index (χ1n) is 9.97. The van der Waals surface area contributed by atoms with E-state index in [-0.39, 0.29) is 24.1 Å². The van der Waals surface area contributed by atoms with Gasteiger partial charge in [-0.2, -0.15) is 0 Å². The maximum Gasteiger partial charge on any atom is 0.294 e. The lowest BCUT2D eigenvalue weighted by Crippen LogP contribution is -2.44. The highest BCUT2D eigenvalue weighted by molar-refractivity contribution is 6.30. The summed E-state index contributed by atoms with van der Waals surface area (Å²) in [5, 5.41) is 3.45. The van der Waals surface area contributed by atoms with Crippen LogP contribution in [0.4, 0.5) is 5.69 Å². The zero-order valence-corrected chi connectivity index (χ0v) is 17.5. The number of nitrogens with zero attached hydrogens (tertiary/aromatic N) is 1. The molecule has 31 heavy (non-hydrogen) atoms. The average molecular weight is 433 g/mol. The fraction of sp³-hybridized carbons (Fsp3) is 0.120. The third-order valence-corrected chi connectivity index (χ3v) is 5.09. The molecule has 0 fully saturated rings. The highest BCUT2D eigenvalue weighted by Gasteiger charge is 2.31. The summed E-state index contributed by atoms with van der Waals surface area (Å²) in [6.45, 7) is 0.398. The van der Waals surface area contributed by atoms with E-state index in [0.717, 1.165) is 17.5 Å². The van der Waals surface area contributed by atoms with Gasteiger partial charge in [0, 0.05) is 11.6 Å². The Kier molecular flexibility index (Phi) is 6.34. The molecule has 1 aliphatic rings. The molecule has 4 rings (SSSR count). The lowest BCUT2D eigenvalue weighted by Gasteiger charge is -2.30. The number of ether oxygens (including phenoxy) is 1. The number of fused-ring (bicyclic) bond motifs is 1. The van der Waals surface area contributed by atoms with E-state index in [0.29, 0.717) is 23.0 Å². The van der Waals surface area contributed by atoms with Crippen molar-refractivity contribution in [3.63, 3.8) is 0 Å². The smallest absolute Gasteiger partial charge is 0.294 e. The lowest BCUT2D eigenvalue weighted by molar-refractivity contribution is -0.123. The van der Waals surface area contributed by atoms with Crippen LogP contribution in [0.5, 0.6) is 5.75 Å². The minimum absolute atomic E-state index is 0.0963. The van der Waals surface area contributed by atoms with Gasteiger partial charge in [-0.3, -0.25) is 14.5 Å². The van der Waals surface area contributed by atoms with Gasteiger partial charge in [-0.15, -0.1) is 0 Å². The number of halogens is 1. The Morgan fingerprint density at radius 1 is 1.00 bits per heavy atom. The van der Waals surface area contributed by atoms with Gasteiger partial charge in [-0.05, 0) is 47.9 Å². The third-order valence-electron chi connectivity index (χ3n) is 4.86. The van der Waals surface area contributed by atoms with Gasteiger partial charge in [0.1, 0.15) is 6.54 Å². The Bertz CT molecular complexity index is 1130. The van der Waals surface area contributed by atoms with Crippen LogP contribution in [-0.2, 0) is 16.0 Å². The maximum absolute atomic E-state index is 13.1. The molecule has 1 heterocycles. The number of carbonyl (C=O) groups excluding carboxylic acids is 2. The predicted molar refractivity (Wildman–Crippen MR) is 122 cm³/mol.